The van der Waals surface area contributed by atoms with Crippen molar-refractivity contribution in [3.63, 3.8) is 0 Å². The molecule has 1 aromatic carbocycles. The van der Waals surface area contributed by atoms with Crippen LogP contribution in [0.15, 0.2) is 24.3 Å². The number of aromatic carboxylic acids is 1. The molecule has 122 valence electrons. The SMILES string of the molecule is N[C@@]1(C(=O)NCc2ccccc2C(=O)O)CC[C@H]2[C@H](C(=O)O)[C@H]21. The van der Waals surface area contributed by atoms with Crippen molar-refractivity contribution in [2.24, 2.45) is 23.5 Å². The summed E-state index contributed by atoms with van der Waals surface area (Å²) in [5.41, 5.74) is 5.62. The Bertz CT molecular complexity index is 689. The summed E-state index contributed by atoms with van der Waals surface area (Å²) in [6.45, 7) is 0.0510. The van der Waals surface area contributed by atoms with E-state index >= 15 is 0 Å². The van der Waals surface area contributed by atoms with Crippen LogP contribution in [0.2, 0.25) is 0 Å². The fourth-order valence-electron chi connectivity index (χ4n) is 3.83. The van der Waals surface area contributed by atoms with Gasteiger partial charge in [-0.05, 0) is 30.4 Å². The third kappa shape index (κ3) is 2.46. The second kappa shape index (κ2) is 5.34. The van der Waals surface area contributed by atoms with Crippen LogP contribution in [0.1, 0.15) is 28.8 Å². The highest BCUT2D eigenvalue weighted by Gasteiger charge is 2.69. The average molecular weight is 318 g/mol. The zero-order chi connectivity index (χ0) is 16.8. The van der Waals surface area contributed by atoms with E-state index in [1.165, 1.54) is 6.07 Å². The van der Waals surface area contributed by atoms with Gasteiger partial charge in [-0.2, -0.15) is 0 Å². The Morgan fingerprint density at radius 3 is 2.57 bits per heavy atom. The number of nitrogens with one attached hydrogen (secondary N) is 1. The van der Waals surface area contributed by atoms with E-state index in [0.717, 1.165) is 0 Å². The fourth-order valence-corrected chi connectivity index (χ4v) is 3.83. The number of rotatable bonds is 5. The minimum Gasteiger partial charge on any atom is -0.481 e. The molecule has 0 radical (unpaired) electrons. The molecule has 0 spiro atoms. The van der Waals surface area contributed by atoms with Crippen molar-refractivity contribution < 1.29 is 24.6 Å². The van der Waals surface area contributed by atoms with Crippen molar-refractivity contribution in [2.45, 2.75) is 24.9 Å². The van der Waals surface area contributed by atoms with Crippen LogP contribution in [0.3, 0.4) is 0 Å². The Hall–Kier alpha value is -2.41. The van der Waals surface area contributed by atoms with Crippen LogP contribution in [0.4, 0.5) is 0 Å². The largest absolute Gasteiger partial charge is 0.481 e. The third-order valence-electron chi connectivity index (χ3n) is 5.05. The lowest BCUT2D eigenvalue weighted by molar-refractivity contribution is -0.140. The number of aliphatic carboxylic acids is 1. The van der Waals surface area contributed by atoms with Crippen LogP contribution in [0, 0.1) is 17.8 Å². The Morgan fingerprint density at radius 1 is 1.26 bits per heavy atom. The molecule has 0 aliphatic heterocycles. The maximum atomic E-state index is 12.5. The molecule has 3 rings (SSSR count). The second-order valence-corrected chi connectivity index (χ2v) is 6.28. The van der Waals surface area contributed by atoms with Gasteiger partial charge in [0.2, 0.25) is 5.91 Å². The minimum absolute atomic E-state index is 0.0189. The van der Waals surface area contributed by atoms with Crippen molar-refractivity contribution in [2.75, 3.05) is 0 Å². The van der Waals surface area contributed by atoms with Crippen LogP contribution >= 0.6 is 0 Å². The van der Waals surface area contributed by atoms with Crippen LogP contribution in [-0.4, -0.2) is 33.6 Å². The number of amides is 1. The number of benzene rings is 1. The lowest BCUT2D eigenvalue weighted by atomic mass is 9.90. The van der Waals surface area contributed by atoms with Crippen LogP contribution < -0.4 is 11.1 Å². The van der Waals surface area contributed by atoms with Crippen molar-refractivity contribution >= 4 is 17.8 Å². The molecule has 5 N–H and O–H groups in total. The summed E-state index contributed by atoms with van der Waals surface area (Å²) in [7, 11) is 0. The highest BCUT2D eigenvalue weighted by Crippen LogP contribution is 2.61. The molecule has 0 heterocycles. The smallest absolute Gasteiger partial charge is 0.336 e. The minimum atomic E-state index is -1.17. The van der Waals surface area contributed by atoms with E-state index in [2.05, 4.69) is 5.32 Å². The molecule has 2 aliphatic carbocycles. The van der Waals surface area contributed by atoms with Gasteiger partial charge in [-0.1, -0.05) is 18.2 Å². The molecular weight excluding hydrogens is 300 g/mol. The summed E-state index contributed by atoms with van der Waals surface area (Å²) in [5.74, 6) is -3.26. The number of carbonyl (C=O) groups excluding carboxylic acids is 1. The molecule has 0 bridgehead atoms. The lowest BCUT2D eigenvalue weighted by Crippen LogP contribution is -2.55. The first-order valence-corrected chi connectivity index (χ1v) is 7.47. The molecule has 0 aromatic heterocycles. The number of fused-ring (bicyclic) bond motifs is 1. The number of carboxylic acid groups (broad SMARTS) is 2. The predicted octanol–water partition coefficient (Wildman–Crippen LogP) is 0.439. The molecule has 23 heavy (non-hydrogen) atoms. The highest BCUT2D eigenvalue weighted by atomic mass is 16.4. The highest BCUT2D eigenvalue weighted by molar-refractivity contribution is 5.91. The predicted molar refractivity (Wildman–Crippen MR) is 79.5 cm³/mol. The van der Waals surface area contributed by atoms with Crippen LogP contribution in [0.25, 0.3) is 0 Å². The number of hydrogen-bond acceptors (Lipinski definition) is 4. The monoisotopic (exact) mass is 318 g/mol. The average Bonchev–Trinajstić information content (AvgIpc) is 3.17. The third-order valence-corrected chi connectivity index (χ3v) is 5.05. The van der Waals surface area contributed by atoms with Gasteiger partial charge in [-0.25, -0.2) is 4.79 Å². The fraction of sp³-hybridized carbons (Fsp3) is 0.438. The van der Waals surface area contributed by atoms with Gasteiger partial charge in [0.05, 0.1) is 17.0 Å². The van der Waals surface area contributed by atoms with Gasteiger partial charge >= 0.3 is 11.9 Å². The van der Waals surface area contributed by atoms with E-state index in [9.17, 15) is 14.4 Å². The summed E-state index contributed by atoms with van der Waals surface area (Å²) >= 11 is 0. The maximum absolute atomic E-state index is 12.5. The van der Waals surface area contributed by atoms with Crippen molar-refractivity contribution in [3.8, 4) is 0 Å². The van der Waals surface area contributed by atoms with E-state index in [-0.39, 0.29) is 23.9 Å². The number of carboxylic acids is 2. The lowest BCUT2D eigenvalue weighted by Gasteiger charge is -2.26. The van der Waals surface area contributed by atoms with Gasteiger partial charge in [0.1, 0.15) is 0 Å². The molecule has 2 saturated carbocycles. The molecule has 1 aromatic rings. The van der Waals surface area contributed by atoms with Crippen molar-refractivity contribution in [1.29, 1.82) is 0 Å². The van der Waals surface area contributed by atoms with E-state index < -0.39 is 29.3 Å². The van der Waals surface area contributed by atoms with Gasteiger partial charge in [-0.3, -0.25) is 9.59 Å². The first kappa shape index (κ1) is 15.5. The van der Waals surface area contributed by atoms with Crippen molar-refractivity contribution in [3.05, 3.63) is 35.4 Å². The maximum Gasteiger partial charge on any atom is 0.336 e. The van der Waals surface area contributed by atoms with E-state index in [0.29, 0.717) is 18.4 Å². The Morgan fingerprint density at radius 2 is 1.96 bits per heavy atom. The Kier molecular flexibility index (Phi) is 3.60. The molecule has 0 unspecified atom stereocenters. The number of hydrogen-bond donors (Lipinski definition) is 4. The summed E-state index contributed by atoms with van der Waals surface area (Å²) < 4.78 is 0. The zero-order valence-corrected chi connectivity index (χ0v) is 12.4. The summed E-state index contributed by atoms with van der Waals surface area (Å²) in [6.07, 6.45) is 1.09. The summed E-state index contributed by atoms with van der Waals surface area (Å²) in [5, 5.41) is 20.9. The standard InChI is InChI=1S/C16H18N2O5/c17-16(6-5-10-11(12(10)16)14(21)22)15(23)18-7-8-3-1-2-4-9(8)13(19)20/h1-4,10-12H,5-7,17H2,(H,18,23)(H,19,20)(H,21,22)/t10-,11-,12-,16-/m0/s1. The van der Waals surface area contributed by atoms with Crippen LogP contribution in [-0.2, 0) is 16.1 Å². The van der Waals surface area contributed by atoms with Gasteiger partial charge < -0.3 is 21.3 Å². The summed E-state index contributed by atoms with van der Waals surface area (Å²) in [6, 6.07) is 6.40. The zero-order valence-electron chi connectivity index (χ0n) is 12.4. The van der Waals surface area contributed by atoms with Gasteiger partial charge in [0, 0.05) is 12.5 Å². The quantitative estimate of drug-likeness (QED) is 0.623. The molecule has 1 amide bonds. The van der Waals surface area contributed by atoms with Gasteiger partial charge in [0.15, 0.2) is 0 Å². The van der Waals surface area contributed by atoms with Gasteiger partial charge in [-0.15, -0.1) is 0 Å². The topological polar surface area (TPSA) is 130 Å². The van der Waals surface area contributed by atoms with Crippen molar-refractivity contribution in [1.82, 2.24) is 5.32 Å². The Balaban J connectivity index is 1.69. The van der Waals surface area contributed by atoms with Crippen LogP contribution in [0.5, 0.6) is 0 Å². The first-order chi connectivity index (χ1) is 10.9. The molecule has 2 aliphatic rings. The van der Waals surface area contributed by atoms with Gasteiger partial charge in [0.25, 0.3) is 0 Å². The molecule has 2 fully saturated rings. The van der Waals surface area contributed by atoms with E-state index in [4.69, 9.17) is 15.9 Å². The molecule has 4 atom stereocenters. The molecule has 7 heteroatoms. The first-order valence-electron chi connectivity index (χ1n) is 7.47. The van der Waals surface area contributed by atoms with E-state index in [1.807, 2.05) is 0 Å². The number of carbonyl (C=O) groups is 3. The second-order valence-electron chi connectivity index (χ2n) is 6.28. The molecular formula is C16H18N2O5. The molecule has 0 saturated heterocycles. The normalized spacial score (nSPS) is 31.3. The van der Waals surface area contributed by atoms with E-state index in [1.54, 1.807) is 18.2 Å². The summed E-state index contributed by atoms with van der Waals surface area (Å²) in [4.78, 5) is 34.7. The number of nitrogens with two attached hydrogens (primary N) is 1. The molecule has 7 nitrogen and oxygen atoms in total. The Labute approximate surface area is 132 Å².